The molecular weight excluding hydrogens is 355 g/mol. The summed E-state index contributed by atoms with van der Waals surface area (Å²) in [5.41, 5.74) is -5.00. The highest BCUT2D eigenvalue weighted by atomic mass is 35.5. The topological polar surface area (TPSA) is 49.3 Å². The van der Waals surface area contributed by atoms with E-state index in [2.05, 4.69) is 11.2 Å². The second-order valence-corrected chi connectivity index (χ2v) is 7.58. The van der Waals surface area contributed by atoms with Crippen LogP contribution in [-0.2, 0) is 10.4 Å². The van der Waals surface area contributed by atoms with E-state index in [0.29, 0.717) is 12.8 Å². The first-order chi connectivity index (χ1) is 11.3. The number of benzene rings is 1. The molecule has 3 nitrogen and oxygen atoms in total. The maximum absolute atomic E-state index is 13.6. The van der Waals surface area contributed by atoms with E-state index in [1.54, 1.807) is 20.8 Å². The zero-order valence-corrected chi connectivity index (χ0v) is 14.8. The van der Waals surface area contributed by atoms with Gasteiger partial charge in [0.05, 0.1) is 0 Å². The van der Waals surface area contributed by atoms with Crippen molar-refractivity contribution >= 4 is 23.2 Å². The molecule has 1 atom stereocenters. The van der Waals surface area contributed by atoms with Gasteiger partial charge >= 0.3 is 6.18 Å². The maximum atomic E-state index is 13.6. The molecule has 1 aliphatic rings. The Morgan fingerprint density at radius 2 is 1.88 bits per heavy atom. The van der Waals surface area contributed by atoms with Gasteiger partial charge in [-0.1, -0.05) is 44.2 Å². The number of amides is 1. The second-order valence-electron chi connectivity index (χ2n) is 7.15. The Hall–Kier alpha value is -1.71. The predicted molar refractivity (Wildman–Crippen MR) is 90.0 cm³/mol. The normalized spacial score (nSPS) is 17.3. The number of halogens is 4. The van der Waals surface area contributed by atoms with Crippen LogP contribution in [0.15, 0.2) is 18.2 Å². The van der Waals surface area contributed by atoms with Gasteiger partial charge < -0.3 is 10.4 Å². The zero-order chi connectivity index (χ0) is 19.0. The van der Waals surface area contributed by atoms with E-state index < -0.39 is 28.7 Å². The summed E-state index contributed by atoms with van der Waals surface area (Å²) in [6, 6.07) is 3.56. The quantitative estimate of drug-likeness (QED) is 0.750. The van der Waals surface area contributed by atoms with Crippen molar-refractivity contribution in [3.05, 3.63) is 28.8 Å². The molecule has 1 aromatic rings. The van der Waals surface area contributed by atoms with Crippen LogP contribution in [0.3, 0.4) is 0 Å². The molecule has 0 heterocycles. The molecule has 1 aromatic carbocycles. The first kappa shape index (κ1) is 19.6. The summed E-state index contributed by atoms with van der Waals surface area (Å²) in [6.45, 7) is 4.88. The van der Waals surface area contributed by atoms with Crippen LogP contribution in [0.4, 0.5) is 18.9 Å². The summed E-state index contributed by atoms with van der Waals surface area (Å²) >= 11 is 5.84. The van der Waals surface area contributed by atoms with Crippen molar-refractivity contribution in [2.45, 2.75) is 45.4 Å². The van der Waals surface area contributed by atoms with Crippen LogP contribution in [0, 0.1) is 23.2 Å². The third-order valence-corrected chi connectivity index (χ3v) is 3.98. The lowest BCUT2D eigenvalue weighted by molar-refractivity contribution is -0.240. The monoisotopic (exact) mass is 373 g/mol. The predicted octanol–water partition coefficient (Wildman–Crippen LogP) is 4.49. The Labute approximate surface area is 149 Å². The fraction of sp³-hybridized carbons (Fsp3) is 0.500. The molecule has 25 heavy (non-hydrogen) atoms. The van der Waals surface area contributed by atoms with E-state index in [9.17, 15) is 23.1 Å². The highest BCUT2D eigenvalue weighted by Crippen LogP contribution is 2.43. The smallest absolute Gasteiger partial charge is 0.366 e. The molecule has 2 rings (SSSR count). The molecule has 0 aromatic heterocycles. The number of carbonyl (C=O) groups excluding carboxylic acids is 1. The van der Waals surface area contributed by atoms with Crippen molar-refractivity contribution in [2.75, 3.05) is 5.32 Å². The second kappa shape index (κ2) is 6.54. The molecule has 136 valence electrons. The summed E-state index contributed by atoms with van der Waals surface area (Å²) in [6.07, 6.45) is -3.63. The van der Waals surface area contributed by atoms with Crippen molar-refractivity contribution < 1.29 is 23.1 Å². The number of anilines is 1. The lowest BCUT2D eigenvalue weighted by Gasteiger charge is -2.29. The highest BCUT2D eigenvalue weighted by molar-refractivity contribution is 6.30. The standard InChI is InChI=1S/C18H19ClF3NO2/c1-16(2,3)15(24)23-14-7-6-12(19)10-13(14)17(25,18(20,21)22)9-8-11-4-5-11/h6-7,10-11,25H,4-5H2,1-3H3,(H,23,24). The zero-order valence-electron chi connectivity index (χ0n) is 14.1. The Morgan fingerprint density at radius 3 is 2.36 bits per heavy atom. The molecule has 1 unspecified atom stereocenters. The van der Waals surface area contributed by atoms with Gasteiger partial charge in [-0.05, 0) is 31.0 Å². The van der Waals surface area contributed by atoms with Crippen LogP contribution in [0.5, 0.6) is 0 Å². The van der Waals surface area contributed by atoms with Crippen LogP contribution in [0.2, 0.25) is 5.02 Å². The van der Waals surface area contributed by atoms with Crippen LogP contribution in [0.1, 0.15) is 39.2 Å². The van der Waals surface area contributed by atoms with Gasteiger partial charge in [0, 0.05) is 27.6 Å². The van der Waals surface area contributed by atoms with Crippen LogP contribution < -0.4 is 5.32 Å². The fourth-order valence-corrected chi connectivity index (χ4v) is 2.13. The minimum Gasteiger partial charge on any atom is -0.366 e. The Morgan fingerprint density at radius 1 is 1.28 bits per heavy atom. The Kier molecular flexibility index (Phi) is 5.13. The first-order valence-electron chi connectivity index (χ1n) is 7.78. The molecule has 1 fully saturated rings. The molecule has 7 heteroatoms. The molecule has 1 aliphatic carbocycles. The molecule has 0 spiro atoms. The van der Waals surface area contributed by atoms with E-state index in [-0.39, 0.29) is 16.6 Å². The van der Waals surface area contributed by atoms with Crippen LogP contribution in [-0.4, -0.2) is 17.2 Å². The lowest BCUT2D eigenvalue weighted by atomic mass is 9.90. The molecule has 1 saturated carbocycles. The summed E-state index contributed by atoms with van der Waals surface area (Å²) in [5.74, 6) is 3.79. The van der Waals surface area contributed by atoms with Gasteiger partial charge in [0.2, 0.25) is 11.5 Å². The molecule has 1 amide bonds. The van der Waals surface area contributed by atoms with E-state index in [0.717, 1.165) is 6.07 Å². The van der Waals surface area contributed by atoms with E-state index in [1.165, 1.54) is 12.1 Å². The number of nitrogens with one attached hydrogen (secondary N) is 1. The summed E-state index contributed by atoms with van der Waals surface area (Å²) < 4.78 is 40.9. The van der Waals surface area contributed by atoms with Gasteiger partial charge in [0.15, 0.2) is 0 Å². The number of aliphatic hydroxyl groups is 1. The number of rotatable bonds is 2. The van der Waals surface area contributed by atoms with Crippen molar-refractivity contribution in [3.63, 3.8) is 0 Å². The van der Waals surface area contributed by atoms with E-state index in [4.69, 9.17) is 11.6 Å². The molecule has 0 aliphatic heterocycles. The fourth-order valence-electron chi connectivity index (χ4n) is 1.96. The SMILES string of the molecule is CC(C)(C)C(=O)Nc1ccc(Cl)cc1C(O)(C#CC1CC1)C(F)(F)F. The van der Waals surface area contributed by atoms with Crippen molar-refractivity contribution in [1.82, 2.24) is 0 Å². The molecular formula is C18H19ClF3NO2. The third kappa shape index (κ3) is 4.47. The number of alkyl halides is 3. The average molecular weight is 374 g/mol. The summed E-state index contributed by atoms with van der Waals surface area (Å²) in [4.78, 5) is 12.2. The van der Waals surface area contributed by atoms with E-state index >= 15 is 0 Å². The van der Waals surface area contributed by atoms with Crippen LogP contribution in [0.25, 0.3) is 0 Å². The summed E-state index contributed by atoms with van der Waals surface area (Å²) in [7, 11) is 0. The number of hydrogen-bond donors (Lipinski definition) is 2. The third-order valence-electron chi connectivity index (χ3n) is 3.75. The highest BCUT2D eigenvalue weighted by Gasteiger charge is 2.55. The Bertz CT molecular complexity index is 739. The first-order valence-corrected chi connectivity index (χ1v) is 8.15. The van der Waals surface area contributed by atoms with Crippen molar-refractivity contribution in [2.24, 2.45) is 11.3 Å². The van der Waals surface area contributed by atoms with Gasteiger partial charge in [0.1, 0.15) is 0 Å². The van der Waals surface area contributed by atoms with Crippen LogP contribution >= 0.6 is 11.6 Å². The number of hydrogen-bond acceptors (Lipinski definition) is 2. The lowest BCUT2D eigenvalue weighted by Crippen LogP contribution is -2.42. The van der Waals surface area contributed by atoms with Gasteiger partial charge in [-0.15, -0.1) is 0 Å². The number of carbonyl (C=O) groups is 1. The van der Waals surface area contributed by atoms with Gasteiger partial charge in [-0.25, -0.2) is 0 Å². The van der Waals surface area contributed by atoms with Gasteiger partial charge in [-0.3, -0.25) is 4.79 Å². The van der Waals surface area contributed by atoms with Crippen molar-refractivity contribution in [1.29, 1.82) is 0 Å². The molecule has 0 saturated heterocycles. The van der Waals surface area contributed by atoms with Gasteiger partial charge in [-0.2, -0.15) is 13.2 Å². The summed E-state index contributed by atoms with van der Waals surface area (Å²) in [5, 5.41) is 12.8. The molecule has 0 bridgehead atoms. The minimum atomic E-state index is -5.05. The van der Waals surface area contributed by atoms with E-state index in [1.807, 2.05) is 5.92 Å². The molecule has 2 N–H and O–H groups in total. The van der Waals surface area contributed by atoms with Crippen molar-refractivity contribution in [3.8, 4) is 11.8 Å². The largest absolute Gasteiger partial charge is 0.433 e. The van der Waals surface area contributed by atoms with Gasteiger partial charge in [0.25, 0.3) is 0 Å². The minimum absolute atomic E-state index is 0.000320. The average Bonchev–Trinajstić information content (AvgIpc) is 3.28. The maximum Gasteiger partial charge on any atom is 0.433 e. The molecule has 0 radical (unpaired) electrons. The Balaban J connectivity index is 2.55.